The van der Waals surface area contributed by atoms with Crippen molar-refractivity contribution < 1.29 is 24.5 Å². The number of amides is 1. The van der Waals surface area contributed by atoms with E-state index in [4.69, 9.17) is 21.4 Å². The molecule has 0 bridgehead atoms. The second-order valence-corrected chi connectivity index (χ2v) is 8.67. The minimum atomic E-state index is -0.919. The molecule has 3 rings (SSSR count). The molecule has 1 aromatic carbocycles. The van der Waals surface area contributed by atoms with Gasteiger partial charge >= 0.3 is 0 Å². The molecule has 0 spiro atoms. The third kappa shape index (κ3) is 6.18. The number of Topliss-reactive ketones (excluding diaryl/α,β-unsaturated/α-hetero) is 1. The maximum absolute atomic E-state index is 13.2. The van der Waals surface area contributed by atoms with E-state index in [1.165, 1.54) is 15.7 Å². The molecule has 0 saturated heterocycles. The van der Waals surface area contributed by atoms with Gasteiger partial charge in [-0.15, -0.1) is 0 Å². The highest BCUT2D eigenvalue weighted by molar-refractivity contribution is 6.32. The molecule has 0 unspecified atom stereocenters. The quantitative estimate of drug-likeness (QED) is 0.531. The summed E-state index contributed by atoms with van der Waals surface area (Å²) in [6.45, 7) is 3.95. The Morgan fingerprint density at radius 2 is 2.03 bits per heavy atom. The first-order valence-electron chi connectivity index (χ1n) is 10.5. The molecule has 2 N–H and O–H groups in total. The van der Waals surface area contributed by atoms with Gasteiger partial charge < -0.3 is 19.8 Å². The Hall–Kier alpha value is -2.68. The zero-order valence-corrected chi connectivity index (χ0v) is 18.9. The molecular weight excluding hydrogens is 434 g/mol. The van der Waals surface area contributed by atoms with Gasteiger partial charge in [-0.25, -0.2) is 0 Å². The highest BCUT2D eigenvalue weighted by atomic mass is 35.5. The van der Waals surface area contributed by atoms with Crippen LogP contribution < -0.4 is 4.74 Å². The molecular formula is C23H28ClN3O5. The summed E-state index contributed by atoms with van der Waals surface area (Å²) in [5.74, 6) is 0.696. The van der Waals surface area contributed by atoms with Crippen molar-refractivity contribution in [2.24, 2.45) is 5.92 Å². The van der Waals surface area contributed by atoms with Crippen LogP contribution in [0.1, 0.15) is 26.0 Å². The van der Waals surface area contributed by atoms with Gasteiger partial charge in [0.1, 0.15) is 11.5 Å². The van der Waals surface area contributed by atoms with Gasteiger partial charge in [0.2, 0.25) is 0 Å². The standard InChI is InChI=1S/C23H28ClN3O5/c1-15(2)9-20(21(30)10-16-7-8-26(25-16)12-17(29)14-28)27-13-18(11-23(27)31)32-22-6-4-3-5-19(22)24/h3-8,11,15,17,20,28-29H,9-10,12-14H2,1-2H3/t17-,20-/m1/s1. The lowest BCUT2D eigenvalue weighted by Crippen LogP contribution is -2.44. The normalized spacial score (nSPS) is 15.8. The van der Waals surface area contributed by atoms with E-state index in [0.29, 0.717) is 28.6 Å². The number of halogens is 1. The fraction of sp³-hybridized carbons (Fsp3) is 0.435. The number of hydrogen-bond donors (Lipinski definition) is 2. The Labute approximate surface area is 192 Å². The number of benzene rings is 1. The minimum absolute atomic E-state index is 0.0596. The average molecular weight is 462 g/mol. The summed E-state index contributed by atoms with van der Waals surface area (Å²) in [4.78, 5) is 27.4. The molecule has 1 aliphatic rings. The van der Waals surface area contributed by atoms with Crippen molar-refractivity contribution in [3.05, 3.63) is 59.1 Å². The number of aromatic nitrogens is 2. The van der Waals surface area contributed by atoms with Gasteiger partial charge in [-0.3, -0.25) is 14.3 Å². The molecule has 9 heteroatoms. The summed E-state index contributed by atoms with van der Waals surface area (Å²) in [7, 11) is 0. The summed E-state index contributed by atoms with van der Waals surface area (Å²) in [5.41, 5.74) is 0.543. The number of rotatable bonds is 11. The Morgan fingerprint density at radius 1 is 1.28 bits per heavy atom. The number of nitrogens with zero attached hydrogens (tertiary/aromatic N) is 3. The zero-order chi connectivity index (χ0) is 23.3. The van der Waals surface area contributed by atoms with Crippen LogP contribution in [0.3, 0.4) is 0 Å². The van der Waals surface area contributed by atoms with Crippen LogP contribution >= 0.6 is 11.6 Å². The molecule has 32 heavy (non-hydrogen) atoms. The van der Waals surface area contributed by atoms with Crippen molar-refractivity contribution in [3.8, 4) is 5.75 Å². The van der Waals surface area contributed by atoms with Gasteiger partial charge in [0.15, 0.2) is 5.78 Å². The van der Waals surface area contributed by atoms with Crippen molar-refractivity contribution in [3.63, 3.8) is 0 Å². The molecule has 0 radical (unpaired) electrons. The van der Waals surface area contributed by atoms with E-state index in [0.717, 1.165) is 0 Å². The van der Waals surface area contributed by atoms with Crippen molar-refractivity contribution in [2.75, 3.05) is 13.2 Å². The molecule has 1 aromatic heterocycles. The number of aliphatic hydroxyl groups is 2. The van der Waals surface area contributed by atoms with Crippen molar-refractivity contribution in [1.29, 1.82) is 0 Å². The van der Waals surface area contributed by atoms with Crippen molar-refractivity contribution in [2.45, 2.75) is 45.4 Å². The predicted octanol–water partition coefficient (Wildman–Crippen LogP) is 2.22. The molecule has 172 valence electrons. The van der Waals surface area contributed by atoms with E-state index in [1.807, 2.05) is 13.8 Å². The number of hydrogen-bond acceptors (Lipinski definition) is 6. The monoisotopic (exact) mass is 461 g/mol. The molecule has 8 nitrogen and oxygen atoms in total. The summed E-state index contributed by atoms with van der Waals surface area (Å²) < 4.78 is 7.29. The fourth-order valence-corrected chi connectivity index (χ4v) is 3.73. The average Bonchev–Trinajstić information content (AvgIpc) is 3.33. The maximum Gasteiger partial charge on any atom is 0.251 e. The van der Waals surface area contributed by atoms with E-state index < -0.39 is 12.1 Å². The largest absolute Gasteiger partial charge is 0.458 e. The molecule has 1 amide bonds. The lowest BCUT2D eigenvalue weighted by atomic mass is 9.96. The van der Waals surface area contributed by atoms with E-state index >= 15 is 0 Å². The summed E-state index contributed by atoms with van der Waals surface area (Å²) >= 11 is 6.15. The second kappa shape index (κ2) is 10.8. The van der Waals surface area contributed by atoms with Crippen LogP contribution in [0.15, 0.2) is 48.4 Å². The number of carbonyl (C=O) groups is 2. The third-order valence-corrected chi connectivity index (χ3v) is 5.39. The van der Waals surface area contributed by atoms with Crippen LogP contribution in [-0.2, 0) is 22.6 Å². The molecule has 2 heterocycles. The number of para-hydroxylation sites is 1. The Bertz CT molecular complexity index is 988. The van der Waals surface area contributed by atoms with Crippen LogP contribution in [-0.4, -0.2) is 61.9 Å². The van der Waals surface area contributed by atoms with E-state index in [9.17, 15) is 14.7 Å². The van der Waals surface area contributed by atoms with Crippen LogP contribution in [0.5, 0.6) is 5.75 Å². The highest BCUT2D eigenvalue weighted by Crippen LogP contribution is 2.28. The summed E-state index contributed by atoms with van der Waals surface area (Å²) in [6.07, 6.45) is 2.70. The number of ether oxygens (including phenoxy) is 1. The van der Waals surface area contributed by atoms with Gasteiger partial charge in [-0.05, 0) is 30.5 Å². The summed E-state index contributed by atoms with van der Waals surface area (Å²) in [6, 6.07) is 8.09. The molecule has 0 saturated carbocycles. The topological polar surface area (TPSA) is 105 Å². The SMILES string of the molecule is CC(C)C[C@H](C(=O)Cc1ccn(C[C@@H](O)CO)n1)N1CC(Oc2ccccc2Cl)=CC1=O. The van der Waals surface area contributed by atoms with Crippen LogP contribution in [0.2, 0.25) is 5.02 Å². The first kappa shape index (κ1) is 24.0. The second-order valence-electron chi connectivity index (χ2n) is 8.26. The third-order valence-electron chi connectivity index (χ3n) is 5.07. The van der Waals surface area contributed by atoms with E-state index in [-0.39, 0.29) is 43.7 Å². The maximum atomic E-state index is 13.2. The molecule has 1 aliphatic heterocycles. The zero-order valence-electron chi connectivity index (χ0n) is 18.1. The number of aliphatic hydroxyl groups excluding tert-OH is 2. The smallest absolute Gasteiger partial charge is 0.251 e. The van der Waals surface area contributed by atoms with Gasteiger partial charge in [-0.2, -0.15) is 5.10 Å². The van der Waals surface area contributed by atoms with E-state index in [2.05, 4.69) is 5.10 Å². The van der Waals surface area contributed by atoms with Gasteiger partial charge in [-0.1, -0.05) is 37.6 Å². The lowest BCUT2D eigenvalue weighted by molar-refractivity contribution is -0.135. The Morgan fingerprint density at radius 3 is 2.72 bits per heavy atom. The van der Waals surface area contributed by atoms with Gasteiger partial charge in [0.05, 0.1) is 49.0 Å². The van der Waals surface area contributed by atoms with E-state index in [1.54, 1.807) is 36.5 Å². The molecule has 0 fully saturated rings. The predicted molar refractivity (Wildman–Crippen MR) is 119 cm³/mol. The highest BCUT2D eigenvalue weighted by Gasteiger charge is 2.34. The Kier molecular flexibility index (Phi) is 8.06. The van der Waals surface area contributed by atoms with Crippen LogP contribution in [0, 0.1) is 5.92 Å². The van der Waals surface area contributed by atoms with Crippen LogP contribution in [0.4, 0.5) is 0 Å². The number of carbonyl (C=O) groups excluding carboxylic acids is 2. The summed E-state index contributed by atoms with van der Waals surface area (Å²) in [5, 5.41) is 23.3. The first-order valence-corrected chi connectivity index (χ1v) is 10.9. The van der Waals surface area contributed by atoms with Crippen LogP contribution in [0.25, 0.3) is 0 Å². The minimum Gasteiger partial charge on any atom is -0.458 e. The van der Waals surface area contributed by atoms with Gasteiger partial charge in [0.25, 0.3) is 5.91 Å². The number of ketones is 1. The first-order chi connectivity index (χ1) is 15.3. The van der Waals surface area contributed by atoms with Gasteiger partial charge in [0, 0.05) is 12.3 Å². The van der Waals surface area contributed by atoms with Crippen molar-refractivity contribution in [1.82, 2.24) is 14.7 Å². The molecule has 2 aromatic rings. The van der Waals surface area contributed by atoms with Crippen molar-refractivity contribution >= 4 is 23.3 Å². The Balaban J connectivity index is 1.69. The lowest BCUT2D eigenvalue weighted by Gasteiger charge is -2.28. The fourth-order valence-electron chi connectivity index (χ4n) is 3.56. The molecule has 0 aliphatic carbocycles. The molecule has 2 atom stereocenters.